The third-order valence-corrected chi connectivity index (χ3v) is 7.73. The fourth-order valence-electron chi connectivity index (χ4n) is 5.08. The van der Waals surface area contributed by atoms with Gasteiger partial charge in [-0.05, 0) is 56.3 Å². The third-order valence-electron chi connectivity index (χ3n) is 6.88. The van der Waals surface area contributed by atoms with Crippen LogP contribution < -0.4 is 10.2 Å². The Labute approximate surface area is 187 Å². The quantitative estimate of drug-likeness (QED) is 0.570. The van der Waals surface area contributed by atoms with Gasteiger partial charge in [-0.1, -0.05) is 43.4 Å². The van der Waals surface area contributed by atoms with Gasteiger partial charge >= 0.3 is 0 Å². The number of nitrogens with zero attached hydrogens (tertiary/aromatic N) is 2. The van der Waals surface area contributed by atoms with Crippen LogP contribution in [-0.2, 0) is 11.3 Å². The van der Waals surface area contributed by atoms with Crippen molar-refractivity contribution in [1.82, 2.24) is 9.88 Å². The van der Waals surface area contributed by atoms with E-state index in [2.05, 4.69) is 5.32 Å². The van der Waals surface area contributed by atoms with E-state index in [1.165, 1.54) is 12.8 Å². The fraction of sp³-hybridized carbons (Fsp3) is 0.440. The predicted octanol–water partition coefficient (Wildman–Crippen LogP) is 5.27. The number of benzene rings is 1. The number of aromatic nitrogens is 1. The molecule has 2 amide bonds. The van der Waals surface area contributed by atoms with E-state index in [9.17, 15) is 9.59 Å². The largest absolute Gasteiger partial charge is 0.351 e. The highest BCUT2D eigenvalue weighted by Gasteiger charge is 2.49. The van der Waals surface area contributed by atoms with Crippen molar-refractivity contribution in [3.8, 4) is 0 Å². The number of anilines is 1. The summed E-state index contributed by atoms with van der Waals surface area (Å²) >= 11 is 1.63. The van der Waals surface area contributed by atoms with Crippen molar-refractivity contribution in [2.45, 2.75) is 70.5 Å². The third kappa shape index (κ3) is 3.47. The highest BCUT2D eigenvalue weighted by Crippen LogP contribution is 2.37. The molecule has 2 aliphatic rings. The molecule has 1 fully saturated rings. The first-order chi connectivity index (χ1) is 15.0. The summed E-state index contributed by atoms with van der Waals surface area (Å²) in [6.07, 6.45) is 6.81. The average molecular weight is 436 g/mol. The van der Waals surface area contributed by atoms with Crippen molar-refractivity contribution in [3.05, 3.63) is 53.0 Å². The maximum atomic E-state index is 13.8. The number of amides is 2. The van der Waals surface area contributed by atoms with E-state index in [4.69, 9.17) is 0 Å². The van der Waals surface area contributed by atoms with Gasteiger partial charge in [0.05, 0.1) is 16.8 Å². The Bertz CT molecular complexity index is 1120. The number of hydrogen-bond donors (Lipinski definition) is 1. The van der Waals surface area contributed by atoms with Crippen LogP contribution in [0.4, 0.5) is 5.69 Å². The van der Waals surface area contributed by atoms with Crippen LogP contribution in [0.5, 0.6) is 0 Å². The average Bonchev–Trinajstić information content (AvgIpc) is 3.24. The molecule has 1 N–H and O–H groups in total. The van der Waals surface area contributed by atoms with Crippen LogP contribution in [0.1, 0.15) is 61.5 Å². The molecule has 1 aliphatic carbocycles. The summed E-state index contributed by atoms with van der Waals surface area (Å²) in [4.78, 5) is 29.3. The molecule has 3 heterocycles. The molecule has 0 spiro atoms. The molecule has 0 bridgehead atoms. The highest BCUT2D eigenvalue weighted by molar-refractivity contribution is 7.17. The Morgan fingerprint density at radius 3 is 2.52 bits per heavy atom. The molecule has 162 valence electrons. The zero-order valence-electron chi connectivity index (χ0n) is 18.2. The molecular formula is C25H29N3O2S. The van der Waals surface area contributed by atoms with Gasteiger partial charge in [0.2, 0.25) is 5.91 Å². The lowest BCUT2D eigenvalue weighted by Crippen LogP contribution is -2.65. The van der Waals surface area contributed by atoms with Gasteiger partial charge in [0.1, 0.15) is 11.2 Å². The second-order valence-corrected chi connectivity index (χ2v) is 10.1. The number of rotatable bonds is 3. The summed E-state index contributed by atoms with van der Waals surface area (Å²) in [5, 5.41) is 5.36. The van der Waals surface area contributed by atoms with E-state index in [1.54, 1.807) is 16.2 Å². The molecular weight excluding hydrogens is 406 g/mol. The maximum absolute atomic E-state index is 13.8. The van der Waals surface area contributed by atoms with Gasteiger partial charge in [-0.3, -0.25) is 14.5 Å². The van der Waals surface area contributed by atoms with E-state index in [1.807, 2.05) is 60.2 Å². The van der Waals surface area contributed by atoms with E-state index in [0.29, 0.717) is 12.2 Å². The predicted molar refractivity (Wildman–Crippen MR) is 126 cm³/mol. The number of hydrogen-bond acceptors (Lipinski definition) is 3. The molecule has 1 aliphatic heterocycles. The monoisotopic (exact) mass is 435 g/mol. The molecule has 5 rings (SSSR count). The van der Waals surface area contributed by atoms with Crippen molar-refractivity contribution in [3.63, 3.8) is 0 Å². The number of fused-ring (bicyclic) bond motifs is 3. The molecule has 1 aromatic carbocycles. The summed E-state index contributed by atoms with van der Waals surface area (Å²) in [5.41, 5.74) is 2.58. The van der Waals surface area contributed by atoms with Crippen LogP contribution in [0.2, 0.25) is 0 Å². The Kier molecular flexibility index (Phi) is 5.13. The van der Waals surface area contributed by atoms with Crippen LogP contribution in [0, 0.1) is 6.92 Å². The molecule has 1 atom stereocenters. The van der Waals surface area contributed by atoms with Gasteiger partial charge in [-0.15, -0.1) is 11.3 Å². The topological polar surface area (TPSA) is 54.3 Å². The second-order valence-electron chi connectivity index (χ2n) is 9.20. The van der Waals surface area contributed by atoms with Crippen LogP contribution in [-0.4, -0.2) is 28.0 Å². The first-order valence-corrected chi connectivity index (χ1v) is 12.1. The molecule has 0 radical (unpaired) electrons. The first-order valence-electron chi connectivity index (χ1n) is 11.3. The lowest BCUT2D eigenvalue weighted by atomic mass is 9.92. The molecule has 3 aromatic rings. The minimum atomic E-state index is -1.00. The normalized spacial score (nSPS) is 22.4. The van der Waals surface area contributed by atoms with Crippen molar-refractivity contribution in [2.24, 2.45) is 0 Å². The summed E-state index contributed by atoms with van der Waals surface area (Å²) < 4.78 is 3.12. The zero-order valence-corrected chi connectivity index (χ0v) is 19.0. The molecule has 0 saturated heterocycles. The standard InChI is InChI=1S/C25H29N3O2S/c1-17-9-11-19(12-10-17)28-23(29)21-15-22-20(13-14-31-22)27(21)16-25(28,2)24(30)26-18-7-5-3-4-6-8-18/h9-15,18H,3-8,16H2,1-2H3,(H,26,30)/t25-/m1/s1. The Morgan fingerprint density at radius 2 is 1.81 bits per heavy atom. The van der Waals surface area contributed by atoms with Gasteiger partial charge in [0.15, 0.2) is 0 Å². The molecule has 31 heavy (non-hydrogen) atoms. The number of carbonyl (C=O) groups is 2. The number of thiophene rings is 1. The van der Waals surface area contributed by atoms with Gasteiger partial charge < -0.3 is 9.88 Å². The van der Waals surface area contributed by atoms with Crippen LogP contribution in [0.25, 0.3) is 10.2 Å². The van der Waals surface area contributed by atoms with Crippen LogP contribution in [0.3, 0.4) is 0 Å². The molecule has 0 unspecified atom stereocenters. The van der Waals surface area contributed by atoms with Crippen molar-refractivity contribution in [2.75, 3.05) is 4.90 Å². The van der Waals surface area contributed by atoms with E-state index in [0.717, 1.165) is 47.2 Å². The van der Waals surface area contributed by atoms with Gasteiger partial charge in [0, 0.05) is 11.7 Å². The summed E-state index contributed by atoms with van der Waals surface area (Å²) in [5.74, 6) is -0.173. The SMILES string of the molecule is Cc1ccc(N2C(=O)c3cc4sccc4n3C[C@]2(C)C(=O)NC2CCCCCC2)cc1. The van der Waals surface area contributed by atoms with Gasteiger partial charge in [0.25, 0.3) is 5.91 Å². The zero-order chi connectivity index (χ0) is 21.6. The number of aryl methyl sites for hydroxylation is 1. The van der Waals surface area contributed by atoms with Crippen molar-refractivity contribution in [1.29, 1.82) is 0 Å². The Hall–Kier alpha value is -2.60. The highest BCUT2D eigenvalue weighted by atomic mass is 32.1. The number of nitrogens with one attached hydrogen (secondary N) is 1. The summed E-state index contributed by atoms with van der Waals surface area (Å²) in [7, 11) is 0. The van der Waals surface area contributed by atoms with Gasteiger partial charge in [-0.2, -0.15) is 0 Å². The lowest BCUT2D eigenvalue weighted by molar-refractivity contribution is -0.127. The first kappa shape index (κ1) is 20.3. The molecule has 5 nitrogen and oxygen atoms in total. The molecule has 6 heteroatoms. The molecule has 2 aromatic heterocycles. The summed E-state index contributed by atoms with van der Waals surface area (Å²) in [6.45, 7) is 4.39. The van der Waals surface area contributed by atoms with E-state index < -0.39 is 5.54 Å². The van der Waals surface area contributed by atoms with Crippen molar-refractivity contribution < 1.29 is 9.59 Å². The van der Waals surface area contributed by atoms with Crippen LogP contribution >= 0.6 is 11.3 Å². The number of carbonyl (C=O) groups excluding carboxylic acids is 2. The minimum absolute atomic E-state index is 0.0592. The van der Waals surface area contributed by atoms with Crippen LogP contribution in [0.15, 0.2) is 41.8 Å². The minimum Gasteiger partial charge on any atom is -0.351 e. The Balaban J connectivity index is 1.57. The Morgan fingerprint density at radius 1 is 1.10 bits per heavy atom. The van der Waals surface area contributed by atoms with Crippen molar-refractivity contribution >= 4 is 39.1 Å². The fourth-order valence-corrected chi connectivity index (χ4v) is 5.90. The smallest absolute Gasteiger partial charge is 0.275 e. The molecule has 1 saturated carbocycles. The lowest BCUT2D eigenvalue weighted by Gasteiger charge is -2.44. The van der Waals surface area contributed by atoms with E-state index in [-0.39, 0.29) is 17.9 Å². The maximum Gasteiger partial charge on any atom is 0.275 e. The van der Waals surface area contributed by atoms with Gasteiger partial charge in [-0.25, -0.2) is 0 Å². The summed E-state index contributed by atoms with van der Waals surface area (Å²) in [6, 6.07) is 12.1. The second kappa shape index (κ2) is 7.83. The van der Waals surface area contributed by atoms with E-state index >= 15 is 0 Å².